The standard InChI is InChI=1S/C28H33NO10/c1-5-28(37)10-17(32)12-8-13-19(26(36)22-16(31)7-6-15(30)21(22)24(13)34)25(35)20(12)27(28)39-18-9-14(29(3)4)23(33)11(2)38-18/h6-8,11,14,17-18,23,27,30-33,35,37H,5,9-10H2,1-4H3/t11-,14+,17-,18-,23+,27-,28-/m1/s1. The minimum atomic E-state index is -1.69. The largest absolute Gasteiger partial charge is 0.507 e. The number of phenolic OH excluding ortho intramolecular Hbond substituents is 3. The Balaban J connectivity index is 1.66. The lowest BCUT2D eigenvalue weighted by Gasteiger charge is -2.47. The molecule has 1 saturated heterocycles. The number of carbonyl (C=O) groups excluding carboxylic acids is 2. The van der Waals surface area contributed by atoms with Crippen LogP contribution in [0.4, 0.5) is 0 Å². The van der Waals surface area contributed by atoms with Crippen LogP contribution in [0.15, 0.2) is 18.2 Å². The second-order valence-electron chi connectivity index (χ2n) is 10.9. The molecule has 5 rings (SSSR count). The number of aromatic hydroxyl groups is 3. The molecule has 210 valence electrons. The van der Waals surface area contributed by atoms with Crippen molar-refractivity contribution in [3.8, 4) is 17.2 Å². The van der Waals surface area contributed by atoms with Gasteiger partial charge in [0.05, 0.1) is 40.6 Å². The van der Waals surface area contributed by atoms with Crippen molar-refractivity contribution < 1.29 is 49.7 Å². The first-order valence-corrected chi connectivity index (χ1v) is 12.9. The normalized spacial score (nSPS) is 32.1. The Morgan fingerprint density at radius 2 is 1.67 bits per heavy atom. The highest BCUT2D eigenvalue weighted by Gasteiger charge is 2.51. The lowest BCUT2D eigenvalue weighted by molar-refractivity contribution is -0.279. The van der Waals surface area contributed by atoms with Crippen molar-refractivity contribution in [3.63, 3.8) is 0 Å². The van der Waals surface area contributed by atoms with E-state index in [0.29, 0.717) is 0 Å². The molecule has 11 heteroatoms. The van der Waals surface area contributed by atoms with Gasteiger partial charge in [-0.05, 0) is 51.2 Å². The molecule has 1 fully saturated rings. The quantitative estimate of drug-likeness (QED) is 0.264. The third-order valence-corrected chi connectivity index (χ3v) is 8.35. The molecule has 3 aliphatic rings. The molecule has 0 spiro atoms. The van der Waals surface area contributed by atoms with Gasteiger partial charge in [0.1, 0.15) is 23.4 Å². The number of ketones is 2. The SMILES string of the molecule is CC[C@@]1(O)C[C@@H](O)c2cc3c(c(O)c2[C@H]1O[C@@H]1C[C@H](N(C)C)[C@@H](O)[C@@H](C)O1)C(=O)c1c(O)ccc(O)c1C3=O. The van der Waals surface area contributed by atoms with Crippen LogP contribution in [0, 0.1) is 0 Å². The van der Waals surface area contributed by atoms with Crippen LogP contribution < -0.4 is 0 Å². The number of benzene rings is 2. The lowest BCUT2D eigenvalue weighted by Crippen LogP contribution is -2.54. The van der Waals surface area contributed by atoms with Crippen molar-refractivity contribution in [1.82, 2.24) is 4.90 Å². The van der Waals surface area contributed by atoms with Gasteiger partial charge in [0.25, 0.3) is 0 Å². The van der Waals surface area contributed by atoms with Gasteiger partial charge in [-0.2, -0.15) is 0 Å². The maximum absolute atomic E-state index is 13.5. The zero-order chi connectivity index (χ0) is 28.5. The molecule has 0 unspecified atom stereocenters. The summed E-state index contributed by atoms with van der Waals surface area (Å²) in [5.41, 5.74) is -3.18. The smallest absolute Gasteiger partial charge is 0.202 e. The molecule has 0 saturated carbocycles. The lowest BCUT2D eigenvalue weighted by atomic mass is 9.71. The second-order valence-corrected chi connectivity index (χ2v) is 10.9. The summed E-state index contributed by atoms with van der Waals surface area (Å²) < 4.78 is 12.2. The van der Waals surface area contributed by atoms with Gasteiger partial charge in [-0.15, -0.1) is 0 Å². The first-order chi connectivity index (χ1) is 18.3. The zero-order valence-corrected chi connectivity index (χ0v) is 22.1. The number of aliphatic hydroxyl groups excluding tert-OH is 2. The van der Waals surface area contributed by atoms with Crippen LogP contribution in [0.5, 0.6) is 17.2 Å². The molecule has 2 aromatic carbocycles. The van der Waals surface area contributed by atoms with Crippen molar-refractivity contribution in [1.29, 1.82) is 0 Å². The van der Waals surface area contributed by atoms with Gasteiger partial charge in [0.15, 0.2) is 12.1 Å². The van der Waals surface area contributed by atoms with Gasteiger partial charge in [0.2, 0.25) is 5.78 Å². The monoisotopic (exact) mass is 543 g/mol. The number of fused-ring (bicyclic) bond motifs is 3. The number of hydrogen-bond acceptors (Lipinski definition) is 11. The van der Waals surface area contributed by atoms with E-state index in [4.69, 9.17) is 9.47 Å². The Bertz CT molecular complexity index is 1360. The molecule has 2 aromatic rings. The molecule has 2 aliphatic carbocycles. The number of phenols is 3. The predicted octanol–water partition coefficient (Wildman–Crippen LogP) is 1.64. The van der Waals surface area contributed by atoms with E-state index in [1.165, 1.54) is 6.07 Å². The summed E-state index contributed by atoms with van der Waals surface area (Å²) in [7, 11) is 3.62. The van der Waals surface area contributed by atoms with Gasteiger partial charge in [-0.25, -0.2) is 0 Å². The van der Waals surface area contributed by atoms with E-state index in [1.54, 1.807) is 13.8 Å². The van der Waals surface area contributed by atoms with Gasteiger partial charge in [0, 0.05) is 30.0 Å². The van der Waals surface area contributed by atoms with E-state index >= 15 is 0 Å². The number of carbonyl (C=O) groups is 2. The summed E-state index contributed by atoms with van der Waals surface area (Å²) in [6.07, 6.45) is -4.76. The van der Waals surface area contributed by atoms with Crippen molar-refractivity contribution in [2.24, 2.45) is 0 Å². The Morgan fingerprint density at radius 1 is 1.05 bits per heavy atom. The molecule has 11 nitrogen and oxygen atoms in total. The summed E-state index contributed by atoms with van der Waals surface area (Å²) in [5, 5.41) is 65.4. The fraction of sp³-hybridized carbons (Fsp3) is 0.500. The van der Waals surface area contributed by atoms with Crippen molar-refractivity contribution in [3.05, 3.63) is 51.6 Å². The third kappa shape index (κ3) is 4.12. The average Bonchev–Trinajstić information content (AvgIpc) is 2.87. The number of hydrogen-bond donors (Lipinski definition) is 6. The van der Waals surface area contributed by atoms with Crippen LogP contribution in [0.3, 0.4) is 0 Å². The summed E-state index contributed by atoms with van der Waals surface area (Å²) in [6, 6.07) is 3.10. The van der Waals surface area contributed by atoms with Crippen molar-refractivity contribution in [2.75, 3.05) is 14.1 Å². The van der Waals surface area contributed by atoms with Gasteiger partial charge in [-0.3, -0.25) is 9.59 Å². The molecule has 1 heterocycles. The molecule has 6 N–H and O–H groups in total. The molecule has 7 atom stereocenters. The van der Waals surface area contributed by atoms with Crippen LogP contribution >= 0.6 is 0 Å². The minimum Gasteiger partial charge on any atom is -0.507 e. The van der Waals surface area contributed by atoms with Crippen molar-refractivity contribution >= 4 is 11.6 Å². The summed E-state index contributed by atoms with van der Waals surface area (Å²) in [4.78, 5) is 28.7. The van der Waals surface area contributed by atoms with E-state index in [-0.39, 0.29) is 42.0 Å². The fourth-order valence-electron chi connectivity index (χ4n) is 6.09. The van der Waals surface area contributed by atoms with Crippen molar-refractivity contribution in [2.45, 2.75) is 75.5 Å². The van der Waals surface area contributed by atoms with Gasteiger partial charge >= 0.3 is 0 Å². The Labute approximate surface area is 224 Å². The molecule has 0 amide bonds. The Hall–Kier alpha value is -3.06. The van der Waals surface area contributed by atoms with Crippen LogP contribution in [0.1, 0.15) is 88.3 Å². The molecule has 0 aromatic heterocycles. The predicted molar refractivity (Wildman–Crippen MR) is 136 cm³/mol. The topological polar surface area (TPSA) is 177 Å². The van der Waals surface area contributed by atoms with E-state index in [2.05, 4.69) is 0 Å². The van der Waals surface area contributed by atoms with E-state index in [9.17, 15) is 40.2 Å². The second kappa shape index (κ2) is 9.54. The molecular formula is C28H33NO10. The minimum absolute atomic E-state index is 0.0649. The Morgan fingerprint density at radius 3 is 2.26 bits per heavy atom. The summed E-state index contributed by atoms with van der Waals surface area (Å²) in [6.45, 7) is 3.38. The summed E-state index contributed by atoms with van der Waals surface area (Å²) >= 11 is 0. The van der Waals surface area contributed by atoms with E-state index in [1.807, 2.05) is 19.0 Å². The maximum atomic E-state index is 13.5. The maximum Gasteiger partial charge on any atom is 0.202 e. The van der Waals surface area contributed by atoms with Gasteiger partial charge < -0.3 is 45.0 Å². The van der Waals surface area contributed by atoms with Crippen LogP contribution in [0.25, 0.3) is 0 Å². The highest BCUT2D eigenvalue weighted by atomic mass is 16.7. The third-order valence-electron chi connectivity index (χ3n) is 8.35. The highest BCUT2D eigenvalue weighted by Crippen LogP contribution is 2.53. The molecule has 0 bridgehead atoms. The molecular weight excluding hydrogens is 510 g/mol. The van der Waals surface area contributed by atoms with E-state index in [0.717, 1.165) is 12.1 Å². The first-order valence-electron chi connectivity index (χ1n) is 12.9. The van der Waals surface area contributed by atoms with Crippen LogP contribution in [0.2, 0.25) is 0 Å². The Kier molecular flexibility index (Phi) is 6.73. The van der Waals surface area contributed by atoms with Crippen LogP contribution in [-0.4, -0.2) is 91.3 Å². The number of likely N-dealkylation sites (N-methyl/N-ethyl adjacent to an activating group) is 1. The highest BCUT2D eigenvalue weighted by molar-refractivity contribution is 6.31. The van der Waals surface area contributed by atoms with E-state index < -0.39 is 81.8 Å². The fourth-order valence-corrected chi connectivity index (χ4v) is 6.09. The zero-order valence-electron chi connectivity index (χ0n) is 22.1. The number of rotatable bonds is 4. The van der Waals surface area contributed by atoms with Gasteiger partial charge in [-0.1, -0.05) is 6.92 Å². The first kappa shape index (κ1) is 27.5. The molecule has 0 radical (unpaired) electrons. The molecule has 1 aliphatic heterocycles. The number of ether oxygens (including phenoxy) is 2. The number of aliphatic hydroxyl groups is 3. The summed E-state index contributed by atoms with van der Waals surface area (Å²) in [5.74, 6) is -3.42. The van der Waals surface area contributed by atoms with Crippen LogP contribution in [-0.2, 0) is 9.47 Å². The average molecular weight is 544 g/mol. The number of nitrogens with zero attached hydrogens (tertiary/aromatic N) is 1. The molecule has 39 heavy (non-hydrogen) atoms.